The molecule has 18 heavy (non-hydrogen) atoms. The number of amides is 2. The van der Waals surface area contributed by atoms with Crippen molar-refractivity contribution < 1.29 is 19.8 Å². The van der Waals surface area contributed by atoms with Crippen molar-refractivity contribution in [2.75, 3.05) is 6.54 Å². The molecule has 0 spiro atoms. The van der Waals surface area contributed by atoms with Gasteiger partial charge in [-0.2, -0.15) is 0 Å². The summed E-state index contributed by atoms with van der Waals surface area (Å²) >= 11 is 4.79. The zero-order chi connectivity index (χ0) is 13.8. The molecule has 1 unspecified atom stereocenters. The summed E-state index contributed by atoms with van der Waals surface area (Å²) in [7, 11) is 0. The first-order chi connectivity index (χ1) is 8.31. The number of hydrogen-bond acceptors (Lipinski definition) is 4. The smallest absolute Gasteiger partial charge is 0.337 e. The van der Waals surface area contributed by atoms with Gasteiger partial charge in [-0.05, 0) is 35.0 Å². The minimum Gasteiger partial charge on any atom is -0.479 e. The fourth-order valence-corrected chi connectivity index (χ4v) is 2.43. The minimum atomic E-state index is -1.97. The number of aliphatic carboxylic acids is 1. The summed E-state index contributed by atoms with van der Waals surface area (Å²) in [4.78, 5) is 22.9. The van der Waals surface area contributed by atoms with Crippen molar-refractivity contribution in [1.29, 1.82) is 0 Å². The summed E-state index contributed by atoms with van der Waals surface area (Å²) in [5, 5.41) is 22.9. The molecule has 0 aliphatic carbocycles. The van der Waals surface area contributed by atoms with Gasteiger partial charge in [0, 0.05) is 4.88 Å². The van der Waals surface area contributed by atoms with Gasteiger partial charge in [-0.15, -0.1) is 11.3 Å². The fourth-order valence-electron chi connectivity index (χ4n) is 1.00. The van der Waals surface area contributed by atoms with Gasteiger partial charge >= 0.3 is 12.0 Å². The number of nitrogens with one attached hydrogen (secondary N) is 2. The van der Waals surface area contributed by atoms with Gasteiger partial charge in [0.1, 0.15) is 0 Å². The Morgan fingerprint density at radius 1 is 1.44 bits per heavy atom. The molecule has 1 aromatic rings. The number of carboxylic acids is 1. The third-order valence-electron chi connectivity index (χ3n) is 2.11. The maximum absolute atomic E-state index is 11.4. The summed E-state index contributed by atoms with van der Waals surface area (Å²) in [6.45, 7) is 1.10. The van der Waals surface area contributed by atoms with Crippen molar-refractivity contribution in [3.63, 3.8) is 0 Å². The van der Waals surface area contributed by atoms with Crippen LogP contribution >= 0.6 is 27.3 Å². The highest BCUT2D eigenvalue weighted by molar-refractivity contribution is 9.11. The van der Waals surface area contributed by atoms with E-state index in [9.17, 15) is 14.7 Å². The van der Waals surface area contributed by atoms with Crippen LogP contribution in [0, 0.1) is 0 Å². The maximum atomic E-state index is 11.4. The van der Waals surface area contributed by atoms with Crippen LogP contribution in [0.4, 0.5) is 4.79 Å². The van der Waals surface area contributed by atoms with E-state index in [-0.39, 0.29) is 6.54 Å². The lowest BCUT2D eigenvalue weighted by Gasteiger charge is -2.18. The molecule has 100 valence electrons. The molecule has 1 aromatic heterocycles. The van der Waals surface area contributed by atoms with E-state index < -0.39 is 17.6 Å². The maximum Gasteiger partial charge on any atom is 0.337 e. The third-order valence-corrected chi connectivity index (χ3v) is 3.73. The Balaban J connectivity index is 2.32. The molecule has 0 aliphatic heterocycles. The van der Waals surface area contributed by atoms with Crippen LogP contribution in [0.5, 0.6) is 0 Å². The minimum absolute atomic E-state index is 0.345. The molecule has 1 rings (SSSR count). The highest BCUT2D eigenvalue weighted by atomic mass is 79.9. The fraction of sp³-hybridized carbons (Fsp3) is 0.400. The Bertz CT molecular complexity index is 447. The van der Waals surface area contributed by atoms with Crippen LogP contribution < -0.4 is 10.6 Å². The van der Waals surface area contributed by atoms with Crippen molar-refractivity contribution in [3.8, 4) is 0 Å². The normalized spacial score (nSPS) is 13.7. The van der Waals surface area contributed by atoms with Gasteiger partial charge in [-0.25, -0.2) is 9.59 Å². The van der Waals surface area contributed by atoms with Gasteiger partial charge in [-0.1, -0.05) is 0 Å². The van der Waals surface area contributed by atoms with Crippen molar-refractivity contribution >= 4 is 39.3 Å². The quantitative estimate of drug-likeness (QED) is 0.648. The van der Waals surface area contributed by atoms with Crippen LogP contribution in [0.1, 0.15) is 11.8 Å². The van der Waals surface area contributed by atoms with Crippen LogP contribution in [0.2, 0.25) is 0 Å². The zero-order valence-corrected chi connectivity index (χ0v) is 12.0. The zero-order valence-electron chi connectivity index (χ0n) is 9.57. The number of rotatable bonds is 5. The topological polar surface area (TPSA) is 98.7 Å². The van der Waals surface area contributed by atoms with E-state index in [1.54, 1.807) is 0 Å². The first kappa shape index (κ1) is 14.9. The molecule has 0 aliphatic rings. The van der Waals surface area contributed by atoms with Gasteiger partial charge in [0.2, 0.25) is 0 Å². The average Bonchev–Trinajstić information content (AvgIpc) is 2.69. The number of thiophene rings is 1. The number of urea groups is 1. The molecule has 0 aromatic carbocycles. The first-order valence-electron chi connectivity index (χ1n) is 5.03. The van der Waals surface area contributed by atoms with Crippen molar-refractivity contribution in [1.82, 2.24) is 10.6 Å². The van der Waals surface area contributed by atoms with E-state index in [2.05, 4.69) is 26.6 Å². The third kappa shape index (κ3) is 4.63. The Kier molecular flexibility index (Phi) is 5.12. The van der Waals surface area contributed by atoms with E-state index in [0.29, 0.717) is 6.54 Å². The standard InChI is InChI=1S/C10H13BrN2O4S/c1-10(17,8(14)15)5-13-9(16)12-4-6-2-3-7(11)18-6/h2-3,17H,4-5H2,1H3,(H,14,15)(H2,12,13,16). The lowest BCUT2D eigenvalue weighted by Crippen LogP contribution is -2.48. The van der Waals surface area contributed by atoms with Crippen molar-refractivity contribution in [2.45, 2.75) is 19.1 Å². The Hall–Kier alpha value is -1.12. The number of aliphatic hydroxyl groups is 1. The second-order valence-corrected chi connectivity index (χ2v) is 6.37. The lowest BCUT2D eigenvalue weighted by atomic mass is 10.1. The Labute approximate surface area is 116 Å². The number of carbonyl (C=O) groups is 2. The molecule has 6 nitrogen and oxygen atoms in total. The molecule has 1 heterocycles. The molecule has 1 atom stereocenters. The highest BCUT2D eigenvalue weighted by Crippen LogP contribution is 2.21. The summed E-state index contributed by atoms with van der Waals surface area (Å²) in [6.07, 6.45) is 0. The monoisotopic (exact) mass is 336 g/mol. The molecule has 0 fully saturated rings. The predicted molar refractivity (Wildman–Crippen MR) is 70.5 cm³/mol. The summed E-state index contributed by atoms with van der Waals surface area (Å²) in [6, 6.07) is 3.21. The molecule has 0 radical (unpaired) electrons. The average molecular weight is 337 g/mol. The van der Waals surface area contributed by atoms with Gasteiger partial charge < -0.3 is 20.8 Å². The lowest BCUT2D eigenvalue weighted by molar-refractivity contribution is -0.155. The van der Waals surface area contributed by atoms with Crippen LogP contribution in [0.25, 0.3) is 0 Å². The molecule has 8 heteroatoms. The Morgan fingerprint density at radius 3 is 2.61 bits per heavy atom. The molecular weight excluding hydrogens is 324 g/mol. The van der Waals surface area contributed by atoms with E-state index >= 15 is 0 Å². The number of halogens is 1. The van der Waals surface area contributed by atoms with Crippen molar-refractivity contribution in [2.24, 2.45) is 0 Å². The largest absolute Gasteiger partial charge is 0.479 e. The van der Waals surface area contributed by atoms with Crippen LogP contribution in [-0.2, 0) is 11.3 Å². The van der Waals surface area contributed by atoms with Crippen LogP contribution in [0.3, 0.4) is 0 Å². The van der Waals surface area contributed by atoms with Gasteiger partial charge in [0.15, 0.2) is 5.60 Å². The van der Waals surface area contributed by atoms with E-state index in [1.165, 1.54) is 11.3 Å². The van der Waals surface area contributed by atoms with Crippen LogP contribution in [-0.4, -0.2) is 34.4 Å². The van der Waals surface area contributed by atoms with E-state index in [4.69, 9.17) is 5.11 Å². The molecule has 0 bridgehead atoms. The number of hydrogen-bond donors (Lipinski definition) is 4. The second-order valence-electron chi connectivity index (χ2n) is 3.82. The van der Waals surface area contributed by atoms with Gasteiger partial charge in [0.05, 0.1) is 16.9 Å². The van der Waals surface area contributed by atoms with E-state index in [1.807, 2.05) is 12.1 Å². The van der Waals surface area contributed by atoms with Crippen LogP contribution in [0.15, 0.2) is 15.9 Å². The highest BCUT2D eigenvalue weighted by Gasteiger charge is 2.30. The molecule has 0 saturated heterocycles. The predicted octanol–water partition coefficient (Wildman–Crippen LogP) is 1.15. The number of carboxylic acid groups (broad SMARTS) is 1. The SMILES string of the molecule is CC(O)(CNC(=O)NCc1ccc(Br)s1)C(=O)O. The Morgan fingerprint density at radius 2 is 2.11 bits per heavy atom. The summed E-state index contributed by atoms with van der Waals surface area (Å²) in [5.41, 5.74) is -1.97. The molecule has 4 N–H and O–H groups in total. The first-order valence-corrected chi connectivity index (χ1v) is 6.64. The van der Waals surface area contributed by atoms with Crippen molar-refractivity contribution in [3.05, 3.63) is 20.8 Å². The van der Waals surface area contributed by atoms with Gasteiger partial charge in [-0.3, -0.25) is 0 Å². The summed E-state index contributed by atoms with van der Waals surface area (Å²) < 4.78 is 0.966. The van der Waals surface area contributed by atoms with E-state index in [0.717, 1.165) is 15.6 Å². The summed E-state index contributed by atoms with van der Waals surface area (Å²) in [5.74, 6) is -1.38. The molecule has 0 saturated carbocycles. The van der Waals surface area contributed by atoms with Gasteiger partial charge in [0.25, 0.3) is 0 Å². The molecular formula is C10H13BrN2O4S. The molecule has 2 amide bonds. The second kappa shape index (κ2) is 6.17. The number of carbonyl (C=O) groups excluding carboxylic acids is 1.